The summed E-state index contributed by atoms with van der Waals surface area (Å²) in [6.45, 7) is 0.461. The van der Waals surface area contributed by atoms with Crippen molar-refractivity contribution in [3.8, 4) is 11.6 Å². The van der Waals surface area contributed by atoms with Crippen LogP contribution in [0.3, 0.4) is 0 Å². The molecule has 3 rings (SSSR count). The highest BCUT2D eigenvalue weighted by Gasteiger charge is 2.06. The average molecular weight is 307 g/mol. The third kappa shape index (κ3) is 4.05. The van der Waals surface area contributed by atoms with Crippen LogP contribution in [0.25, 0.3) is 0 Å². The van der Waals surface area contributed by atoms with Gasteiger partial charge < -0.3 is 14.8 Å². The molecular weight excluding hydrogens is 290 g/mol. The lowest BCUT2D eigenvalue weighted by molar-refractivity contribution is 0.182. The Balaban J connectivity index is 1.70. The summed E-state index contributed by atoms with van der Waals surface area (Å²) in [6.07, 6.45) is 3.45. The molecule has 0 aliphatic carbocycles. The quantitative estimate of drug-likeness (QED) is 0.741. The molecule has 1 aromatic carbocycles. The maximum absolute atomic E-state index is 5.83. The topological polar surface area (TPSA) is 56.3 Å². The number of hydrogen-bond acceptors (Lipinski definition) is 5. The summed E-state index contributed by atoms with van der Waals surface area (Å²) in [6, 6.07) is 17.2. The zero-order valence-corrected chi connectivity index (χ0v) is 12.8. The van der Waals surface area contributed by atoms with E-state index in [9.17, 15) is 0 Å². The second-order valence-electron chi connectivity index (χ2n) is 4.87. The summed E-state index contributed by atoms with van der Waals surface area (Å²) >= 11 is 0. The lowest BCUT2D eigenvalue weighted by atomic mass is 10.2. The summed E-state index contributed by atoms with van der Waals surface area (Å²) in [4.78, 5) is 8.48. The number of aromatic nitrogens is 2. The highest BCUT2D eigenvalue weighted by Crippen LogP contribution is 2.25. The number of nitrogens with zero attached hydrogens (tertiary/aromatic N) is 2. The first-order valence-corrected chi connectivity index (χ1v) is 7.24. The molecule has 116 valence electrons. The monoisotopic (exact) mass is 307 g/mol. The zero-order valence-electron chi connectivity index (χ0n) is 12.8. The Morgan fingerprint density at radius 2 is 1.74 bits per heavy atom. The summed E-state index contributed by atoms with van der Waals surface area (Å²) in [5, 5.41) is 3.22. The fraction of sp³-hybridized carbons (Fsp3) is 0.111. The van der Waals surface area contributed by atoms with E-state index in [1.807, 2.05) is 54.6 Å². The van der Waals surface area contributed by atoms with Crippen LogP contribution in [0.1, 0.15) is 5.56 Å². The Hall–Kier alpha value is -2.92. The van der Waals surface area contributed by atoms with E-state index in [0.29, 0.717) is 18.2 Å². The second-order valence-corrected chi connectivity index (χ2v) is 4.87. The van der Waals surface area contributed by atoms with Gasteiger partial charge in [-0.2, -0.15) is 0 Å². The molecule has 5 heteroatoms. The van der Waals surface area contributed by atoms with Crippen molar-refractivity contribution in [3.05, 3.63) is 72.6 Å². The summed E-state index contributed by atoms with van der Waals surface area (Å²) < 4.78 is 11.0. The molecule has 0 spiro atoms. The van der Waals surface area contributed by atoms with Crippen LogP contribution in [0.5, 0.6) is 11.6 Å². The van der Waals surface area contributed by atoms with E-state index in [-0.39, 0.29) is 0 Å². The van der Waals surface area contributed by atoms with Crippen LogP contribution in [-0.4, -0.2) is 17.1 Å². The fourth-order valence-corrected chi connectivity index (χ4v) is 2.08. The molecule has 0 bridgehead atoms. The Kier molecular flexibility index (Phi) is 4.81. The molecule has 0 saturated carbocycles. The molecule has 5 nitrogen and oxygen atoms in total. The normalized spacial score (nSPS) is 10.3. The van der Waals surface area contributed by atoms with E-state index in [0.717, 1.165) is 17.1 Å². The molecule has 0 unspecified atom stereocenters. The number of pyridine rings is 2. The van der Waals surface area contributed by atoms with E-state index in [1.54, 1.807) is 19.5 Å². The standard InChI is InChI=1S/C18H17N3O2/c1-22-13-14-5-4-12-20-18(14)23-16-9-7-15(8-10-16)21-17-6-2-3-11-19-17/h2-12H,13H2,1H3,(H,19,21). The number of anilines is 2. The fourth-order valence-electron chi connectivity index (χ4n) is 2.08. The summed E-state index contributed by atoms with van der Waals surface area (Å²) in [5.74, 6) is 2.07. The predicted octanol–water partition coefficient (Wildman–Crippen LogP) is 4.16. The Morgan fingerprint density at radius 1 is 0.913 bits per heavy atom. The third-order valence-corrected chi connectivity index (χ3v) is 3.16. The number of nitrogens with one attached hydrogen (secondary N) is 1. The lowest BCUT2D eigenvalue weighted by Gasteiger charge is -2.10. The smallest absolute Gasteiger partial charge is 0.224 e. The van der Waals surface area contributed by atoms with Crippen molar-refractivity contribution in [2.45, 2.75) is 6.61 Å². The van der Waals surface area contributed by atoms with E-state index < -0.39 is 0 Å². The van der Waals surface area contributed by atoms with Crippen molar-refractivity contribution in [3.63, 3.8) is 0 Å². The Bertz CT molecular complexity index is 746. The molecule has 3 aromatic rings. The van der Waals surface area contributed by atoms with E-state index in [4.69, 9.17) is 9.47 Å². The predicted molar refractivity (Wildman–Crippen MR) is 89.0 cm³/mol. The van der Waals surface area contributed by atoms with Gasteiger partial charge in [0.15, 0.2) is 0 Å². The third-order valence-electron chi connectivity index (χ3n) is 3.16. The van der Waals surface area contributed by atoms with Gasteiger partial charge in [-0.1, -0.05) is 6.07 Å². The van der Waals surface area contributed by atoms with Crippen LogP contribution in [-0.2, 0) is 11.3 Å². The lowest BCUT2D eigenvalue weighted by Crippen LogP contribution is -1.96. The minimum absolute atomic E-state index is 0.461. The number of benzene rings is 1. The highest BCUT2D eigenvalue weighted by atomic mass is 16.5. The van der Waals surface area contributed by atoms with Crippen LogP contribution < -0.4 is 10.1 Å². The van der Waals surface area contributed by atoms with Gasteiger partial charge in [0.1, 0.15) is 11.6 Å². The number of hydrogen-bond donors (Lipinski definition) is 1. The molecular formula is C18H17N3O2. The van der Waals surface area contributed by atoms with Crippen LogP contribution in [0.4, 0.5) is 11.5 Å². The molecule has 0 saturated heterocycles. The van der Waals surface area contributed by atoms with E-state index in [1.165, 1.54) is 0 Å². The van der Waals surface area contributed by atoms with Gasteiger partial charge >= 0.3 is 0 Å². The van der Waals surface area contributed by atoms with Gasteiger partial charge in [-0.05, 0) is 48.5 Å². The second kappa shape index (κ2) is 7.38. The zero-order chi connectivity index (χ0) is 15.9. The van der Waals surface area contributed by atoms with Crippen molar-refractivity contribution in [2.24, 2.45) is 0 Å². The van der Waals surface area contributed by atoms with Gasteiger partial charge in [0.05, 0.1) is 6.61 Å². The largest absolute Gasteiger partial charge is 0.439 e. The molecule has 0 radical (unpaired) electrons. The minimum atomic E-state index is 0.461. The maximum Gasteiger partial charge on any atom is 0.224 e. The molecule has 2 heterocycles. The van der Waals surface area contributed by atoms with Crippen LogP contribution >= 0.6 is 0 Å². The first kappa shape index (κ1) is 15.0. The van der Waals surface area contributed by atoms with Crippen molar-refractivity contribution < 1.29 is 9.47 Å². The van der Waals surface area contributed by atoms with Gasteiger partial charge in [-0.15, -0.1) is 0 Å². The molecule has 23 heavy (non-hydrogen) atoms. The minimum Gasteiger partial charge on any atom is -0.439 e. The molecule has 2 aromatic heterocycles. The van der Waals surface area contributed by atoms with Gasteiger partial charge in [0.2, 0.25) is 5.88 Å². The number of ether oxygens (including phenoxy) is 2. The van der Waals surface area contributed by atoms with Crippen LogP contribution in [0.15, 0.2) is 67.0 Å². The van der Waals surface area contributed by atoms with Crippen molar-refractivity contribution in [1.29, 1.82) is 0 Å². The van der Waals surface area contributed by atoms with Gasteiger partial charge in [-0.25, -0.2) is 9.97 Å². The maximum atomic E-state index is 5.83. The van der Waals surface area contributed by atoms with E-state index in [2.05, 4.69) is 15.3 Å². The molecule has 1 N–H and O–H groups in total. The molecule has 0 aliphatic rings. The Morgan fingerprint density at radius 3 is 2.48 bits per heavy atom. The highest BCUT2D eigenvalue weighted by molar-refractivity contribution is 5.57. The average Bonchev–Trinajstić information content (AvgIpc) is 2.60. The first-order valence-electron chi connectivity index (χ1n) is 7.24. The van der Waals surface area contributed by atoms with Gasteiger partial charge in [0, 0.05) is 30.8 Å². The first-order chi connectivity index (χ1) is 11.3. The van der Waals surface area contributed by atoms with E-state index >= 15 is 0 Å². The van der Waals surface area contributed by atoms with Crippen molar-refractivity contribution in [1.82, 2.24) is 9.97 Å². The van der Waals surface area contributed by atoms with Crippen molar-refractivity contribution in [2.75, 3.05) is 12.4 Å². The van der Waals surface area contributed by atoms with Crippen LogP contribution in [0, 0.1) is 0 Å². The SMILES string of the molecule is COCc1cccnc1Oc1ccc(Nc2ccccn2)cc1. The van der Waals surface area contributed by atoms with Crippen LogP contribution in [0.2, 0.25) is 0 Å². The Labute approximate surface area is 134 Å². The summed E-state index contributed by atoms with van der Waals surface area (Å²) in [7, 11) is 1.65. The number of methoxy groups -OCH3 is 1. The van der Waals surface area contributed by atoms with Gasteiger partial charge in [0.25, 0.3) is 0 Å². The molecule has 0 amide bonds. The number of rotatable bonds is 6. The molecule has 0 fully saturated rings. The molecule has 0 atom stereocenters. The van der Waals surface area contributed by atoms with Gasteiger partial charge in [-0.3, -0.25) is 0 Å². The summed E-state index contributed by atoms with van der Waals surface area (Å²) in [5.41, 5.74) is 1.85. The molecule has 0 aliphatic heterocycles. The van der Waals surface area contributed by atoms with Crippen molar-refractivity contribution >= 4 is 11.5 Å².